The Morgan fingerprint density at radius 2 is 1.03 bits per heavy atom. The number of hydrogen-bond acceptors (Lipinski definition) is 2. The van der Waals surface area contributed by atoms with Gasteiger partial charge in [-0.1, -0.05) is 114 Å². The van der Waals surface area contributed by atoms with Crippen molar-refractivity contribution in [1.82, 2.24) is 0 Å². The quantitative estimate of drug-likeness (QED) is 0.0647. The molecule has 0 aliphatic carbocycles. The van der Waals surface area contributed by atoms with Crippen molar-refractivity contribution in [2.45, 2.75) is 148 Å². The Labute approximate surface area is 202 Å². The number of nitrogens with zero attached hydrogens (tertiary/aromatic N) is 1. The van der Waals surface area contributed by atoms with E-state index in [4.69, 9.17) is 0 Å². The van der Waals surface area contributed by atoms with Crippen LogP contribution in [0.4, 0.5) is 0 Å². The Hall–Kier alpha value is -0.240. The summed E-state index contributed by atoms with van der Waals surface area (Å²) in [6, 6.07) is 0. The number of quaternary nitrogens is 1. The fourth-order valence-corrected chi connectivity index (χ4v) is 5.90. The van der Waals surface area contributed by atoms with Crippen LogP contribution in [0.15, 0.2) is 12.2 Å². The highest BCUT2D eigenvalue weighted by molar-refractivity contribution is 7.38. The van der Waals surface area contributed by atoms with E-state index in [-0.39, 0.29) is 0 Å². The van der Waals surface area contributed by atoms with Gasteiger partial charge in [0.2, 0.25) is 0 Å². The van der Waals surface area contributed by atoms with E-state index in [1.54, 1.807) is 0 Å². The van der Waals surface area contributed by atoms with Gasteiger partial charge in [-0.25, -0.2) is 0 Å². The molecule has 0 aromatic carbocycles. The van der Waals surface area contributed by atoms with Gasteiger partial charge in [0.05, 0.1) is 21.1 Å². The summed E-state index contributed by atoms with van der Waals surface area (Å²) in [5.41, 5.74) is 0. The normalized spacial score (nSPS) is 14.8. The predicted molar refractivity (Wildman–Crippen MR) is 141 cm³/mol. The minimum Gasteiger partial charge on any atom is -0.590 e. The molecule has 0 aromatic rings. The Bertz CT molecular complexity index is 473. The van der Waals surface area contributed by atoms with Crippen LogP contribution in [-0.2, 0) is 4.57 Å². The molecule has 0 saturated heterocycles. The molecule has 4 heteroatoms. The lowest BCUT2D eigenvalue weighted by atomic mass is 10.0. The van der Waals surface area contributed by atoms with Crippen LogP contribution in [-0.4, -0.2) is 30.9 Å². The highest BCUT2D eigenvalue weighted by Gasteiger charge is 2.52. The van der Waals surface area contributed by atoms with Gasteiger partial charge < -0.3 is 4.89 Å². The van der Waals surface area contributed by atoms with Crippen LogP contribution in [0, 0.1) is 0 Å². The van der Waals surface area contributed by atoms with Gasteiger partial charge in [0.25, 0.3) is 5.28 Å². The summed E-state index contributed by atoms with van der Waals surface area (Å²) < 4.78 is 12.5. The second-order valence-electron chi connectivity index (χ2n) is 10.7. The van der Waals surface area contributed by atoms with Crippen molar-refractivity contribution >= 4 is 8.03 Å². The summed E-state index contributed by atoms with van der Waals surface area (Å²) in [6.45, 7) is 4.28. The maximum absolute atomic E-state index is 11.9. The summed E-state index contributed by atoms with van der Waals surface area (Å²) in [7, 11) is 3.64. The molecule has 0 saturated carbocycles. The third-order valence-electron chi connectivity index (χ3n) is 7.24. The van der Waals surface area contributed by atoms with Crippen LogP contribution in [0.1, 0.15) is 142 Å². The molecule has 0 aliphatic heterocycles. The Morgan fingerprint density at radius 3 is 1.38 bits per heavy atom. The fraction of sp³-hybridized carbons (Fsp3) is 0.929. The Morgan fingerprint density at radius 1 is 0.656 bits per heavy atom. The second-order valence-corrected chi connectivity index (χ2v) is 12.1. The van der Waals surface area contributed by atoms with Crippen molar-refractivity contribution in [3.8, 4) is 0 Å². The van der Waals surface area contributed by atoms with Crippen LogP contribution < -0.4 is 4.89 Å². The smallest absolute Gasteiger partial charge is 0.376 e. The highest BCUT2D eigenvalue weighted by Crippen LogP contribution is 2.44. The summed E-state index contributed by atoms with van der Waals surface area (Å²) in [5, 5.41) is -0.597. The Balaban J connectivity index is 3.49. The van der Waals surface area contributed by atoms with Gasteiger partial charge in [0, 0.05) is 12.8 Å². The van der Waals surface area contributed by atoms with Gasteiger partial charge in [-0.3, -0.25) is 4.48 Å². The largest absolute Gasteiger partial charge is 0.590 e. The third kappa shape index (κ3) is 14.8. The zero-order valence-corrected chi connectivity index (χ0v) is 23.4. The summed E-state index contributed by atoms with van der Waals surface area (Å²) >= 11 is 0. The first-order chi connectivity index (χ1) is 15.3. The molecule has 0 fully saturated rings. The lowest BCUT2D eigenvalue weighted by molar-refractivity contribution is -0.910. The molecule has 0 aliphatic rings. The molecule has 32 heavy (non-hydrogen) atoms. The number of rotatable bonds is 23. The maximum Gasteiger partial charge on any atom is 0.376 e. The maximum atomic E-state index is 11.9. The van der Waals surface area contributed by atoms with Gasteiger partial charge >= 0.3 is 8.03 Å². The average molecular weight is 471 g/mol. The van der Waals surface area contributed by atoms with E-state index in [0.717, 1.165) is 12.8 Å². The van der Waals surface area contributed by atoms with Crippen LogP contribution in [0.5, 0.6) is 0 Å². The van der Waals surface area contributed by atoms with E-state index in [2.05, 4.69) is 19.1 Å². The molecule has 0 radical (unpaired) electrons. The molecule has 0 aromatic heterocycles. The molecule has 0 rings (SSSR count). The van der Waals surface area contributed by atoms with Crippen molar-refractivity contribution in [3.63, 3.8) is 0 Å². The van der Waals surface area contributed by atoms with Gasteiger partial charge in [-0.05, 0) is 32.1 Å². The molecule has 190 valence electrons. The van der Waals surface area contributed by atoms with E-state index in [1.807, 2.05) is 28.1 Å². The summed E-state index contributed by atoms with van der Waals surface area (Å²) in [4.78, 5) is 11.9. The van der Waals surface area contributed by atoms with Gasteiger partial charge in [-0.15, -0.1) is 0 Å². The minimum absolute atomic E-state index is 0.512. The fourth-order valence-electron chi connectivity index (χ4n) is 4.81. The monoisotopic (exact) mass is 470 g/mol. The third-order valence-corrected chi connectivity index (χ3v) is 9.06. The van der Waals surface area contributed by atoms with Crippen LogP contribution in [0.2, 0.25) is 0 Å². The van der Waals surface area contributed by atoms with Crippen molar-refractivity contribution in [3.05, 3.63) is 12.2 Å². The summed E-state index contributed by atoms with van der Waals surface area (Å²) in [6.07, 6.45) is 30.1. The van der Waals surface area contributed by atoms with E-state index >= 15 is 0 Å². The van der Waals surface area contributed by atoms with Crippen molar-refractivity contribution in [1.29, 1.82) is 0 Å². The molecule has 0 spiro atoms. The van der Waals surface area contributed by atoms with Crippen molar-refractivity contribution < 1.29 is 13.9 Å². The number of allylic oxidation sites excluding steroid dienone is 2. The van der Waals surface area contributed by atoms with E-state index in [0.29, 0.717) is 10.9 Å². The molecule has 0 bridgehead atoms. The molecule has 2 unspecified atom stereocenters. The molecule has 3 nitrogen and oxygen atoms in total. The van der Waals surface area contributed by atoms with Crippen LogP contribution in [0.25, 0.3) is 0 Å². The van der Waals surface area contributed by atoms with Crippen LogP contribution in [0.3, 0.4) is 0 Å². The average Bonchev–Trinajstić information content (AvgIpc) is 2.74. The number of unbranched alkanes of at least 4 members (excludes halogenated alkanes) is 16. The first-order valence-corrected chi connectivity index (χ1v) is 15.1. The van der Waals surface area contributed by atoms with Gasteiger partial charge in [0.15, 0.2) is 0 Å². The molecule has 0 amide bonds. The first-order valence-electron chi connectivity index (χ1n) is 13.9. The first kappa shape index (κ1) is 31.8. The van der Waals surface area contributed by atoms with E-state index in [1.165, 1.54) is 109 Å². The van der Waals surface area contributed by atoms with Gasteiger partial charge in [0.1, 0.15) is 0 Å². The zero-order chi connectivity index (χ0) is 24.1. The van der Waals surface area contributed by atoms with Gasteiger partial charge in [-0.2, -0.15) is 0 Å². The lowest BCUT2D eigenvalue weighted by Crippen LogP contribution is -2.55. The zero-order valence-electron chi connectivity index (χ0n) is 22.5. The molecular weight excluding hydrogens is 413 g/mol. The second kappa shape index (κ2) is 20.2. The predicted octanol–water partition coefficient (Wildman–Crippen LogP) is 8.89. The van der Waals surface area contributed by atoms with E-state index in [9.17, 15) is 9.46 Å². The van der Waals surface area contributed by atoms with Crippen molar-refractivity contribution in [2.24, 2.45) is 0 Å². The standard InChI is InChI=1S/C28H57NO2P/c1-6-8-9-10-11-12-13-14-15-16-17-18-19-20-21-22-23-24-25-26-27-28(7-2,32(30)31)29(3,4)5/h11-12H,6-10,13-27H2,1-5H3/q+1/b12-11-. The number of hydrogen-bond donors (Lipinski definition) is 0. The summed E-state index contributed by atoms with van der Waals surface area (Å²) in [5.74, 6) is 0. The minimum atomic E-state index is -2.41. The van der Waals surface area contributed by atoms with Crippen LogP contribution >= 0.6 is 8.03 Å². The lowest BCUT2D eigenvalue weighted by Gasteiger charge is -2.39. The van der Waals surface area contributed by atoms with E-state index < -0.39 is 13.3 Å². The highest BCUT2D eigenvalue weighted by atomic mass is 31.1. The SMILES string of the molecule is CCCCC/C=C\CCCCCCCCCCCCCCCC(CC)([P+](=O)[O-])[N+](C)(C)C. The van der Waals surface area contributed by atoms with Crippen molar-refractivity contribution in [2.75, 3.05) is 21.1 Å². The molecule has 0 heterocycles. The topological polar surface area (TPSA) is 40.1 Å². The molecule has 2 atom stereocenters. The molecular formula is C28H57NO2P+. The Kier molecular flexibility index (Phi) is 20.0. The molecule has 0 N–H and O–H groups in total.